The molecule has 0 N–H and O–H groups in total. The number of rotatable bonds is 4. The number of anilines is 1. The molecule has 1 atom stereocenters. The van der Waals surface area contributed by atoms with Gasteiger partial charge in [-0.2, -0.15) is 0 Å². The SMILES string of the molecule is COC[C@@H]1CN(c2cc(C)nc(-c3cccs3)n2)CCO1. The smallest absolute Gasteiger partial charge is 0.171 e. The molecule has 0 saturated carbocycles. The quantitative estimate of drug-likeness (QED) is 0.868. The summed E-state index contributed by atoms with van der Waals surface area (Å²) in [5.74, 6) is 1.77. The van der Waals surface area contributed by atoms with Crippen molar-refractivity contribution < 1.29 is 9.47 Å². The van der Waals surface area contributed by atoms with E-state index >= 15 is 0 Å². The van der Waals surface area contributed by atoms with Crippen molar-refractivity contribution in [1.82, 2.24) is 9.97 Å². The van der Waals surface area contributed by atoms with Crippen LogP contribution < -0.4 is 4.90 Å². The van der Waals surface area contributed by atoms with Gasteiger partial charge in [-0.15, -0.1) is 11.3 Å². The van der Waals surface area contributed by atoms with Crippen LogP contribution in [-0.2, 0) is 9.47 Å². The first-order valence-electron chi connectivity index (χ1n) is 7.01. The summed E-state index contributed by atoms with van der Waals surface area (Å²) >= 11 is 1.66. The van der Waals surface area contributed by atoms with Crippen LogP contribution in [0.25, 0.3) is 10.7 Å². The number of morpholine rings is 1. The fraction of sp³-hybridized carbons (Fsp3) is 0.467. The lowest BCUT2D eigenvalue weighted by Gasteiger charge is -2.33. The van der Waals surface area contributed by atoms with Crippen LogP contribution in [0.1, 0.15) is 5.69 Å². The molecule has 0 unspecified atom stereocenters. The van der Waals surface area contributed by atoms with Gasteiger partial charge in [0.05, 0.1) is 24.2 Å². The van der Waals surface area contributed by atoms with Crippen LogP contribution in [0, 0.1) is 6.92 Å². The van der Waals surface area contributed by atoms with E-state index in [9.17, 15) is 0 Å². The van der Waals surface area contributed by atoms with Gasteiger partial charge in [0.2, 0.25) is 0 Å². The molecule has 1 aliphatic rings. The Morgan fingerprint density at radius 2 is 2.38 bits per heavy atom. The third kappa shape index (κ3) is 3.40. The Bertz CT molecular complexity index is 587. The predicted octanol–water partition coefficient (Wildman–Crippen LogP) is 2.37. The summed E-state index contributed by atoms with van der Waals surface area (Å²) in [6.45, 7) is 4.97. The average molecular weight is 305 g/mol. The molecule has 3 heterocycles. The van der Waals surface area contributed by atoms with Crippen molar-refractivity contribution in [2.24, 2.45) is 0 Å². The molecule has 6 heteroatoms. The standard InChI is InChI=1S/C15H19N3O2S/c1-11-8-14(17-15(16-11)13-4-3-7-21-13)18-5-6-20-12(9-18)10-19-2/h3-4,7-8,12H,5-6,9-10H2,1-2H3/t12-/m0/s1. The average Bonchev–Trinajstić information content (AvgIpc) is 3.01. The summed E-state index contributed by atoms with van der Waals surface area (Å²) < 4.78 is 10.9. The number of ether oxygens (including phenoxy) is 2. The summed E-state index contributed by atoms with van der Waals surface area (Å²) in [4.78, 5) is 12.6. The highest BCUT2D eigenvalue weighted by Gasteiger charge is 2.22. The molecule has 2 aromatic heterocycles. The van der Waals surface area contributed by atoms with Crippen molar-refractivity contribution in [3.8, 4) is 10.7 Å². The molecule has 1 aliphatic heterocycles. The predicted molar refractivity (Wildman–Crippen MR) is 83.9 cm³/mol. The van der Waals surface area contributed by atoms with Crippen LogP contribution in [0.5, 0.6) is 0 Å². The first-order chi connectivity index (χ1) is 10.3. The molecule has 0 bridgehead atoms. The molecule has 0 amide bonds. The topological polar surface area (TPSA) is 47.5 Å². The van der Waals surface area contributed by atoms with E-state index in [1.54, 1.807) is 18.4 Å². The molecule has 2 aromatic rings. The van der Waals surface area contributed by atoms with Crippen LogP contribution in [0.2, 0.25) is 0 Å². The van der Waals surface area contributed by atoms with E-state index < -0.39 is 0 Å². The van der Waals surface area contributed by atoms with E-state index in [1.165, 1.54) is 0 Å². The number of thiophene rings is 1. The third-order valence-electron chi connectivity index (χ3n) is 3.40. The van der Waals surface area contributed by atoms with Gasteiger partial charge in [-0.25, -0.2) is 9.97 Å². The van der Waals surface area contributed by atoms with Gasteiger partial charge in [-0.3, -0.25) is 0 Å². The molecule has 21 heavy (non-hydrogen) atoms. The summed E-state index contributed by atoms with van der Waals surface area (Å²) in [5.41, 5.74) is 0.984. The van der Waals surface area contributed by atoms with Crippen LogP contribution in [0.3, 0.4) is 0 Å². The fourth-order valence-corrected chi connectivity index (χ4v) is 3.10. The first-order valence-corrected chi connectivity index (χ1v) is 7.89. The zero-order valence-electron chi connectivity index (χ0n) is 12.3. The second-order valence-corrected chi connectivity index (χ2v) is 6.01. The van der Waals surface area contributed by atoms with Crippen molar-refractivity contribution in [2.75, 3.05) is 38.3 Å². The zero-order valence-corrected chi connectivity index (χ0v) is 13.1. The number of aryl methyl sites for hydroxylation is 1. The summed E-state index contributed by atoms with van der Waals surface area (Å²) in [6.07, 6.45) is 0.101. The Morgan fingerprint density at radius 3 is 3.14 bits per heavy atom. The van der Waals surface area contributed by atoms with Crippen molar-refractivity contribution in [2.45, 2.75) is 13.0 Å². The Kier molecular flexibility index (Phi) is 4.48. The van der Waals surface area contributed by atoms with E-state index in [0.717, 1.165) is 35.3 Å². The number of hydrogen-bond donors (Lipinski definition) is 0. The number of hydrogen-bond acceptors (Lipinski definition) is 6. The lowest BCUT2D eigenvalue weighted by Crippen LogP contribution is -2.44. The number of aromatic nitrogens is 2. The van der Waals surface area contributed by atoms with Gasteiger partial charge in [-0.1, -0.05) is 6.07 Å². The molecular formula is C15H19N3O2S. The Morgan fingerprint density at radius 1 is 1.48 bits per heavy atom. The highest BCUT2D eigenvalue weighted by atomic mass is 32.1. The van der Waals surface area contributed by atoms with Gasteiger partial charge in [0.15, 0.2) is 5.82 Å². The van der Waals surface area contributed by atoms with Gasteiger partial charge in [0.25, 0.3) is 0 Å². The van der Waals surface area contributed by atoms with Crippen molar-refractivity contribution in [3.63, 3.8) is 0 Å². The summed E-state index contributed by atoms with van der Waals surface area (Å²) in [7, 11) is 1.70. The minimum Gasteiger partial charge on any atom is -0.382 e. The van der Waals surface area contributed by atoms with E-state index in [0.29, 0.717) is 13.2 Å². The van der Waals surface area contributed by atoms with Crippen molar-refractivity contribution >= 4 is 17.2 Å². The molecule has 0 spiro atoms. The maximum atomic E-state index is 5.69. The molecular weight excluding hydrogens is 286 g/mol. The van der Waals surface area contributed by atoms with Gasteiger partial charge in [0.1, 0.15) is 5.82 Å². The zero-order chi connectivity index (χ0) is 14.7. The van der Waals surface area contributed by atoms with Crippen LogP contribution >= 0.6 is 11.3 Å². The highest BCUT2D eigenvalue weighted by Crippen LogP contribution is 2.25. The second kappa shape index (κ2) is 6.51. The lowest BCUT2D eigenvalue weighted by atomic mass is 10.2. The van der Waals surface area contributed by atoms with Gasteiger partial charge in [0, 0.05) is 32.0 Å². The summed E-state index contributed by atoms with van der Waals surface area (Å²) in [5, 5.41) is 2.05. The van der Waals surface area contributed by atoms with E-state index in [-0.39, 0.29) is 6.10 Å². The molecule has 0 aromatic carbocycles. The van der Waals surface area contributed by atoms with E-state index in [4.69, 9.17) is 14.5 Å². The molecule has 112 valence electrons. The van der Waals surface area contributed by atoms with Crippen molar-refractivity contribution in [3.05, 3.63) is 29.3 Å². The molecule has 1 fully saturated rings. The Labute approximate surface area is 128 Å². The van der Waals surface area contributed by atoms with Gasteiger partial charge in [-0.05, 0) is 18.4 Å². The number of methoxy groups -OCH3 is 1. The van der Waals surface area contributed by atoms with E-state index in [1.807, 2.05) is 24.4 Å². The normalized spacial score (nSPS) is 19.0. The largest absolute Gasteiger partial charge is 0.382 e. The third-order valence-corrected chi connectivity index (χ3v) is 4.26. The fourth-order valence-electron chi connectivity index (χ4n) is 2.44. The minimum absolute atomic E-state index is 0.101. The molecule has 5 nitrogen and oxygen atoms in total. The van der Waals surface area contributed by atoms with Gasteiger partial charge < -0.3 is 14.4 Å². The lowest BCUT2D eigenvalue weighted by molar-refractivity contribution is -0.0102. The van der Waals surface area contributed by atoms with E-state index in [2.05, 4.69) is 16.0 Å². The molecule has 3 rings (SSSR count). The monoisotopic (exact) mass is 305 g/mol. The second-order valence-electron chi connectivity index (χ2n) is 5.06. The van der Waals surface area contributed by atoms with Crippen LogP contribution in [0.15, 0.2) is 23.6 Å². The number of nitrogens with zero attached hydrogens (tertiary/aromatic N) is 3. The summed E-state index contributed by atoms with van der Waals surface area (Å²) in [6, 6.07) is 6.11. The van der Waals surface area contributed by atoms with Crippen LogP contribution in [0.4, 0.5) is 5.82 Å². The maximum Gasteiger partial charge on any atom is 0.171 e. The molecule has 0 radical (unpaired) electrons. The van der Waals surface area contributed by atoms with Gasteiger partial charge >= 0.3 is 0 Å². The Hall–Kier alpha value is -1.50. The minimum atomic E-state index is 0.101. The first kappa shape index (κ1) is 14.4. The highest BCUT2D eigenvalue weighted by molar-refractivity contribution is 7.13. The maximum absolute atomic E-state index is 5.69. The van der Waals surface area contributed by atoms with Crippen LogP contribution in [-0.4, -0.2) is 49.5 Å². The Balaban J connectivity index is 1.84. The van der Waals surface area contributed by atoms with Crippen molar-refractivity contribution in [1.29, 1.82) is 0 Å². The molecule has 0 aliphatic carbocycles. The molecule has 1 saturated heterocycles.